The molecule has 1 aliphatic heterocycles. The first-order valence-corrected chi connectivity index (χ1v) is 8.18. The highest BCUT2D eigenvalue weighted by molar-refractivity contribution is 5.85. The molecule has 130 valence electrons. The van der Waals surface area contributed by atoms with E-state index in [4.69, 9.17) is 14.5 Å². The molecule has 1 aliphatic rings. The van der Waals surface area contributed by atoms with E-state index in [-0.39, 0.29) is 12.2 Å². The lowest BCUT2D eigenvalue weighted by atomic mass is 10.1. The van der Waals surface area contributed by atoms with Crippen LogP contribution in [0.2, 0.25) is 0 Å². The van der Waals surface area contributed by atoms with Crippen molar-refractivity contribution in [3.8, 4) is 6.07 Å². The predicted octanol–water partition coefficient (Wildman–Crippen LogP) is 2.02. The summed E-state index contributed by atoms with van der Waals surface area (Å²) in [5.74, 6) is -1.22. The molecule has 0 saturated carbocycles. The number of fused-ring (bicyclic) bond motifs is 1. The molecule has 0 unspecified atom stereocenters. The molecule has 0 aliphatic carbocycles. The van der Waals surface area contributed by atoms with Crippen molar-refractivity contribution < 1.29 is 14.3 Å². The third-order valence-corrected chi connectivity index (χ3v) is 4.14. The average molecular weight is 340 g/mol. The molecule has 7 nitrogen and oxygen atoms in total. The molecular formula is C18H20N4O3. The first-order chi connectivity index (χ1) is 12.0. The lowest BCUT2D eigenvalue weighted by molar-refractivity contribution is -0.141. The van der Waals surface area contributed by atoms with E-state index in [1.807, 2.05) is 49.1 Å². The zero-order valence-electron chi connectivity index (χ0n) is 14.5. The minimum absolute atomic E-state index is 0.0172. The summed E-state index contributed by atoms with van der Waals surface area (Å²) in [6.07, 6.45) is 0.0343. The highest BCUT2D eigenvalue weighted by Gasteiger charge is 2.32. The van der Waals surface area contributed by atoms with Gasteiger partial charge in [-0.2, -0.15) is 5.26 Å². The molecule has 1 aromatic carbocycles. The minimum Gasteiger partial charge on any atom is -0.468 e. The van der Waals surface area contributed by atoms with E-state index >= 15 is 0 Å². The minimum atomic E-state index is -1.12. The van der Waals surface area contributed by atoms with Crippen LogP contribution in [0.3, 0.4) is 0 Å². The number of methoxy groups -OCH3 is 1. The smallest absolute Gasteiger partial charge is 0.329 e. The Kier molecular flexibility index (Phi) is 4.81. The van der Waals surface area contributed by atoms with E-state index in [0.29, 0.717) is 30.1 Å². The van der Waals surface area contributed by atoms with Gasteiger partial charge in [-0.05, 0) is 26.0 Å². The van der Waals surface area contributed by atoms with Crippen LogP contribution in [0.5, 0.6) is 0 Å². The Balaban J connectivity index is 2.15. The second-order valence-electron chi connectivity index (χ2n) is 6.17. The molecule has 1 saturated heterocycles. The molecule has 0 N–H and O–H groups in total. The van der Waals surface area contributed by atoms with Gasteiger partial charge >= 0.3 is 5.97 Å². The van der Waals surface area contributed by atoms with Crippen LogP contribution >= 0.6 is 0 Å². The van der Waals surface area contributed by atoms with Crippen molar-refractivity contribution >= 4 is 22.8 Å². The first-order valence-electron chi connectivity index (χ1n) is 8.18. The highest BCUT2D eigenvalue weighted by atomic mass is 16.5. The molecule has 2 heterocycles. The van der Waals surface area contributed by atoms with Gasteiger partial charge in [0.25, 0.3) is 0 Å². The third kappa shape index (κ3) is 3.39. The van der Waals surface area contributed by atoms with Crippen molar-refractivity contribution in [3.05, 3.63) is 30.0 Å². The van der Waals surface area contributed by atoms with E-state index in [1.54, 1.807) is 0 Å². The number of rotatable bonds is 3. The molecule has 3 rings (SSSR count). The quantitative estimate of drug-likeness (QED) is 0.790. The van der Waals surface area contributed by atoms with Gasteiger partial charge in [-0.25, -0.2) is 9.97 Å². The number of para-hydroxylation sites is 2. The third-order valence-electron chi connectivity index (χ3n) is 4.14. The molecule has 1 fully saturated rings. The van der Waals surface area contributed by atoms with Gasteiger partial charge in [-0.3, -0.25) is 4.79 Å². The Morgan fingerprint density at radius 3 is 2.44 bits per heavy atom. The van der Waals surface area contributed by atoms with Gasteiger partial charge in [0, 0.05) is 13.1 Å². The summed E-state index contributed by atoms with van der Waals surface area (Å²) < 4.78 is 10.6. The molecule has 0 bridgehead atoms. The average Bonchev–Trinajstić information content (AvgIpc) is 2.60. The number of carbonyl (C=O) groups excluding carboxylic acids is 1. The molecule has 7 heteroatoms. The van der Waals surface area contributed by atoms with Gasteiger partial charge < -0.3 is 14.4 Å². The standard InChI is InChI=1S/C18H20N4O3/c1-11-9-22(10-12(2)25-11)17-16(13(8-19)18(23)24-3)20-14-6-4-5-7-15(14)21-17/h4-7,11-13H,9-10H2,1-3H3/t11-,12-,13-/m1/s1. The van der Waals surface area contributed by atoms with Crippen molar-refractivity contribution in [2.75, 3.05) is 25.1 Å². The summed E-state index contributed by atoms with van der Waals surface area (Å²) in [7, 11) is 1.26. The van der Waals surface area contributed by atoms with Crippen molar-refractivity contribution in [1.29, 1.82) is 5.26 Å². The molecule has 0 radical (unpaired) electrons. The second-order valence-corrected chi connectivity index (χ2v) is 6.17. The SMILES string of the molecule is COC(=O)[C@H](C#N)c1nc2ccccc2nc1N1C[C@@H](C)O[C@H](C)C1. The lowest BCUT2D eigenvalue weighted by Gasteiger charge is -2.37. The van der Waals surface area contributed by atoms with Crippen molar-refractivity contribution in [1.82, 2.24) is 9.97 Å². The number of hydrogen-bond acceptors (Lipinski definition) is 7. The van der Waals surface area contributed by atoms with Crippen LogP contribution in [0.4, 0.5) is 5.82 Å². The van der Waals surface area contributed by atoms with Gasteiger partial charge in [-0.15, -0.1) is 0 Å². The lowest BCUT2D eigenvalue weighted by Crippen LogP contribution is -2.46. The Hall–Kier alpha value is -2.72. The number of morpholine rings is 1. The molecule has 2 aromatic rings. The largest absolute Gasteiger partial charge is 0.468 e. The maximum atomic E-state index is 12.1. The zero-order valence-corrected chi connectivity index (χ0v) is 14.5. The van der Waals surface area contributed by atoms with Gasteiger partial charge in [0.1, 0.15) is 5.69 Å². The van der Waals surface area contributed by atoms with Crippen molar-refractivity contribution in [2.45, 2.75) is 32.0 Å². The van der Waals surface area contributed by atoms with Gasteiger partial charge in [0.05, 0.1) is 36.4 Å². The molecule has 25 heavy (non-hydrogen) atoms. The second kappa shape index (κ2) is 7.03. The topological polar surface area (TPSA) is 88.3 Å². The monoisotopic (exact) mass is 340 g/mol. The maximum Gasteiger partial charge on any atom is 0.329 e. The zero-order chi connectivity index (χ0) is 18.0. The maximum absolute atomic E-state index is 12.1. The van der Waals surface area contributed by atoms with Gasteiger partial charge in [0.2, 0.25) is 0 Å². The number of hydrogen-bond donors (Lipinski definition) is 0. The predicted molar refractivity (Wildman–Crippen MR) is 92.1 cm³/mol. The number of nitrogens with zero attached hydrogens (tertiary/aromatic N) is 4. The number of carbonyl (C=O) groups is 1. The van der Waals surface area contributed by atoms with Crippen LogP contribution in [0.15, 0.2) is 24.3 Å². The van der Waals surface area contributed by atoms with E-state index in [1.165, 1.54) is 7.11 Å². The number of ether oxygens (including phenoxy) is 2. The normalized spacial score (nSPS) is 21.6. The number of benzene rings is 1. The Morgan fingerprint density at radius 2 is 1.88 bits per heavy atom. The van der Waals surface area contributed by atoms with E-state index in [2.05, 4.69) is 4.98 Å². The van der Waals surface area contributed by atoms with Crippen LogP contribution in [0.25, 0.3) is 11.0 Å². The number of anilines is 1. The summed E-state index contributed by atoms with van der Waals surface area (Å²) in [6.45, 7) is 5.20. The summed E-state index contributed by atoms with van der Waals surface area (Å²) in [5.41, 5.74) is 1.68. The summed E-state index contributed by atoms with van der Waals surface area (Å²) in [5, 5.41) is 9.52. The van der Waals surface area contributed by atoms with E-state index in [0.717, 1.165) is 5.52 Å². The Bertz CT molecular complexity index is 823. The van der Waals surface area contributed by atoms with Crippen LogP contribution in [-0.4, -0.2) is 48.3 Å². The highest BCUT2D eigenvalue weighted by Crippen LogP contribution is 2.29. The summed E-state index contributed by atoms with van der Waals surface area (Å²) >= 11 is 0. The van der Waals surface area contributed by atoms with Crippen molar-refractivity contribution in [3.63, 3.8) is 0 Å². The fourth-order valence-corrected chi connectivity index (χ4v) is 3.12. The summed E-state index contributed by atoms with van der Waals surface area (Å²) in [6, 6.07) is 9.40. The van der Waals surface area contributed by atoms with Crippen LogP contribution in [-0.2, 0) is 14.3 Å². The first kappa shape index (κ1) is 17.1. The summed E-state index contributed by atoms with van der Waals surface area (Å²) in [4.78, 5) is 23.4. The van der Waals surface area contributed by atoms with Gasteiger partial charge in [0.15, 0.2) is 11.7 Å². The van der Waals surface area contributed by atoms with Crippen LogP contribution < -0.4 is 4.90 Å². The molecule has 1 aromatic heterocycles. The molecule has 0 spiro atoms. The van der Waals surface area contributed by atoms with Gasteiger partial charge in [-0.1, -0.05) is 12.1 Å². The van der Waals surface area contributed by atoms with E-state index in [9.17, 15) is 10.1 Å². The number of esters is 1. The number of aromatic nitrogens is 2. The molecule has 0 amide bonds. The Morgan fingerprint density at radius 1 is 1.28 bits per heavy atom. The van der Waals surface area contributed by atoms with Crippen molar-refractivity contribution in [2.24, 2.45) is 0 Å². The number of nitriles is 1. The molecular weight excluding hydrogens is 320 g/mol. The fraction of sp³-hybridized carbons (Fsp3) is 0.444. The Labute approximate surface area is 146 Å². The van der Waals surface area contributed by atoms with E-state index < -0.39 is 11.9 Å². The van der Waals surface area contributed by atoms with Crippen LogP contribution in [0, 0.1) is 11.3 Å². The molecule has 3 atom stereocenters. The fourth-order valence-electron chi connectivity index (χ4n) is 3.12. The van der Waals surface area contributed by atoms with Crippen LogP contribution in [0.1, 0.15) is 25.5 Å².